The van der Waals surface area contributed by atoms with Crippen molar-refractivity contribution in [1.82, 2.24) is 5.48 Å². The summed E-state index contributed by atoms with van der Waals surface area (Å²) in [6.07, 6.45) is -0.854. The lowest BCUT2D eigenvalue weighted by Crippen LogP contribution is -2.37. The summed E-state index contributed by atoms with van der Waals surface area (Å²) in [5.41, 5.74) is 2.21. The first-order valence-corrected chi connectivity index (χ1v) is 4.36. The average molecular weight is 209 g/mol. The molecule has 0 heterocycles. The van der Waals surface area contributed by atoms with E-state index in [4.69, 9.17) is 9.86 Å². The Morgan fingerprint density at radius 1 is 1.21 bits per heavy atom. The van der Waals surface area contributed by atoms with Gasteiger partial charge in [-0.15, -0.1) is 0 Å². The van der Waals surface area contributed by atoms with E-state index in [9.17, 15) is 0 Å². The van der Waals surface area contributed by atoms with Gasteiger partial charge in [0.1, 0.15) is 6.23 Å². The highest BCUT2D eigenvalue weighted by Gasteiger charge is 2.25. The molecule has 0 rings (SSSR count). The Morgan fingerprint density at radius 2 is 1.71 bits per heavy atom. The van der Waals surface area contributed by atoms with Gasteiger partial charge in [0.15, 0.2) is 0 Å². The fourth-order valence-corrected chi connectivity index (χ4v) is 0.457. The zero-order valence-corrected chi connectivity index (χ0v) is 8.56. The van der Waals surface area contributed by atoms with Crippen LogP contribution in [-0.4, -0.2) is 31.9 Å². The summed E-state index contributed by atoms with van der Waals surface area (Å²) in [6.45, 7) is 5.62. The maximum absolute atomic E-state index is 8.82. The Balaban J connectivity index is 3.60. The Kier molecular flexibility index (Phi) is 9.20. The van der Waals surface area contributed by atoms with Gasteiger partial charge in [0.2, 0.25) is 0 Å². The third-order valence-corrected chi connectivity index (χ3v) is 0.864. The second kappa shape index (κ2) is 9.34. The Morgan fingerprint density at radius 3 is 2.07 bits per heavy atom. The normalized spacial score (nSPS) is 12.9. The molecule has 0 aromatic carbocycles. The standard InChI is InChI=1S/C6H16BNO6/c1-4-10-13-7(14-11-5-2)12-8-6(3)9/h6,8-9H,4-5H2,1-3H3. The summed E-state index contributed by atoms with van der Waals surface area (Å²) in [5.74, 6) is 0. The van der Waals surface area contributed by atoms with Crippen LogP contribution in [0.2, 0.25) is 0 Å². The zero-order valence-electron chi connectivity index (χ0n) is 8.56. The first-order valence-electron chi connectivity index (χ1n) is 4.36. The molecule has 84 valence electrons. The summed E-state index contributed by atoms with van der Waals surface area (Å²) in [5, 5.41) is 8.82. The maximum Gasteiger partial charge on any atom is 0.714 e. The van der Waals surface area contributed by atoms with E-state index in [2.05, 4.69) is 24.9 Å². The van der Waals surface area contributed by atoms with Gasteiger partial charge in [-0.25, -0.2) is 19.4 Å². The van der Waals surface area contributed by atoms with Crippen LogP contribution >= 0.6 is 0 Å². The van der Waals surface area contributed by atoms with E-state index in [1.165, 1.54) is 6.92 Å². The van der Waals surface area contributed by atoms with Crippen molar-refractivity contribution in [2.45, 2.75) is 27.0 Å². The number of nitrogens with one attached hydrogen (secondary N) is 1. The van der Waals surface area contributed by atoms with Gasteiger partial charge in [-0.1, -0.05) is 0 Å². The molecule has 0 fully saturated rings. The number of aliphatic hydroxyl groups excluding tert-OH is 1. The van der Waals surface area contributed by atoms with E-state index < -0.39 is 13.5 Å². The van der Waals surface area contributed by atoms with E-state index in [0.29, 0.717) is 13.2 Å². The Bertz CT molecular complexity index is 119. The fourth-order valence-electron chi connectivity index (χ4n) is 0.457. The molecule has 1 atom stereocenters. The van der Waals surface area contributed by atoms with Crippen molar-refractivity contribution in [3.05, 3.63) is 0 Å². The van der Waals surface area contributed by atoms with Gasteiger partial charge in [-0.3, -0.25) is 4.76 Å². The highest BCUT2D eigenvalue weighted by Crippen LogP contribution is 1.93. The van der Waals surface area contributed by atoms with E-state index in [1.807, 2.05) is 0 Å². The third kappa shape index (κ3) is 8.39. The van der Waals surface area contributed by atoms with E-state index in [0.717, 1.165) is 0 Å². The fraction of sp³-hybridized carbons (Fsp3) is 1.00. The molecule has 0 amide bonds. The molecule has 1 unspecified atom stereocenters. The van der Waals surface area contributed by atoms with Crippen LogP contribution in [0.4, 0.5) is 0 Å². The summed E-state index contributed by atoms with van der Waals surface area (Å²) in [4.78, 5) is 18.3. The molecule has 0 aromatic rings. The first-order chi connectivity index (χ1) is 6.70. The van der Waals surface area contributed by atoms with Crippen LogP contribution in [-0.2, 0) is 24.1 Å². The molecule has 0 bridgehead atoms. The lowest BCUT2D eigenvalue weighted by Gasteiger charge is -2.13. The van der Waals surface area contributed by atoms with Gasteiger partial charge in [-0.2, -0.15) is 5.48 Å². The molecule has 0 aliphatic carbocycles. The SMILES string of the molecule is CCOOB(ONC(C)O)OOCC. The van der Waals surface area contributed by atoms with Crippen LogP contribution in [0.15, 0.2) is 0 Å². The number of rotatable bonds is 9. The average Bonchev–Trinajstić information content (AvgIpc) is 2.16. The molecular formula is C6H16BNO6. The van der Waals surface area contributed by atoms with Crippen molar-refractivity contribution < 1.29 is 29.2 Å². The highest BCUT2D eigenvalue weighted by atomic mass is 17.3. The smallest absolute Gasteiger partial charge is 0.377 e. The van der Waals surface area contributed by atoms with Crippen molar-refractivity contribution in [2.75, 3.05) is 13.2 Å². The second-order valence-electron chi connectivity index (χ2n) is 2.21. The molecule has 0 saturated heterocycles. The number of aliphatic hydroxyl groups is 1. The molecule has 14 heavy (non-hydrogen) atoms. The van der Waals surface area contributed by atoms with Crippen molar-refractivity contribution in [3.8, 4) is 0 Å². The van der Waals surface area contributed by atoms with Crippen LogP contribution in [0.25, 0.3) is 0 Å². The molecule has 0 saturated carbocycles. The van der Waals surface area contributed by atoms with Crippen molar-refractivity contribution in [2.24, 2.45) is 0 Å². The van der Waals surface area contributed by atoms with Crippen LogP contribution < -0.4 is 5.48 Å². The van der Waals surface area contributed by atoms with Crippen molar-refractivity contribution >= 4 is 7.32 Å². The zero-order chi connectivity index (χ0) is 10.8. The molecule has 0 aromatic heterocycles. The molecule has 2 N–H and O–H groups in total. The number of hydroxylamine groups is 1. The summed E-state index contributed by atoms with van der Waals surface area (Å²) in [6, 6.07) is 0. The minimum Gasteiger partial charge on any atom is -0.377 e. The predicted molar refractivity (Wildman–Crippen MR) is 47.1 cm³/mol. The lowest BCUT2D eigenvalue weighted by atomic mass is 10.3. The van der Waals surface area contributed by atoms with Crippen LogP contribution in [0.1, 0.15) is 20.8 Å². The molecule has 8 heteroatoms. The van der Waals surface area contributed by atoms with Gasteiger partial charge in [0.25, 0.3) is 0 Å². The number of hydrogen-bond donors (Lipinski definition) is 2. The molecular weight excluding hydrogens is 193 g/mol. The van der Waals surface area contributed by atoms with E-state index >= 15 is 0 Å². The molecule has 0 aliphatic rings. The second-order valence-corrected chi connectivity index (χ2v) is 2.21. The van der Waals surface area contributed by atoms with E-state index in [1.54, 1.807) is 13.8 Å². The van der Waals surface area contributed by atoms with Gasteiger partial charge in [-0.05, 0) is 20.8 Å². The predicted octanol–water partition coefficient (Wildman–Crippen LogP) is -0.233. The minimum absolute atomic E-state index is 0.337. The van der Waals surface area contributed by atoms with Gasteiger partial charge < -0.3 is 5.11 Å². The largest absolute Gasteiger partial charge is 0.714 e. The lowest BCUT2D eigenvalue weighted by molar-refractivity contribution is -0.303. The highest BCUT2D eigenvalue weighted by molar-refractivity contribution is 6.35. The van der Waals surface area contributed by atoms with Crippen LogP contribution in [0, 0.1) is 0 Å². The summed E-state index contributed by atoms with van der Waals surface area (Å²) in [7, 11) is -1.19. The number of hydrogen-bond acceptors (Lipinski definition) is 7. The monoisotopic (exact) mass is 209 g/mol. The third-order valence-electron chi connectivity index (χ3n) is 0.864. The van der Waals surface area contributed by atoms with Gasteiger partial charge in [0, 0.05) is 0 Å². The van der Waals surface area contributed by atoms with Crippen LogP contribution in [0.5, 0.6) is 0 Å². The van der Waals surface area contributed by atoms with Gasteiger partial charge in [0.05, 0.1) is 13.2 Å². The summed E-state index contributed by atoms with van der Waals surface area (Å²) < 4.78 is 4.71. The molecule has 0 aliphatic heterocycles. The quantitative estimate of drug-likeness (QED) is 0.235. The van der Waals surface area contributed by atoms with Crippen LogP contribution in [0.3, 0.4) is 0 Å². The Labute approximate surface area is 83.2 Å². The topological polar surface area (TPSA) is 78.4 Å². The molecule has 0 radical (unpaired) electrons. The van der Waals surface area contributed by atoms with Crippen molar-refractivity contribution in [1.29, 1.82) is 0 Å². The Hall–Kier alpha value is -0.215. The minimum atomic E-state index is -1.19. The first kappa shape index (κ1) is 13.8. The van der Waals surface area contributed by atoms with Crippen molar-refractivity contribution in [3.63, 3.8) is 0 Å². The van der Waals surface area contributed by atoms with Gasteiger partial charge >= 0.3 is 7.32 Å². The maximum atomic E-state index is 8.82. The summed E-state index contributed by atoms with van der Waals surface area (Å²) >= 11 is 0. The van der Waals surface area contributed by atoms with E-state index in [-0.39, 0.29) is 0 Å². The molecule has 7 nitrogen and oxygen atoms in total. The molecule has 0 spiro atoms.